The highest BCUT2D eigenvalue weighted by atomic mass is 35.5. The van der Waals surface area contributed by atoms with Crippen LogP contribution in [0.15, 0.2) is 24.3 Å². The number of fused-ring (bicyclic) bond motifs is 1. The van der Waals surface area contributed by atoms with Gasteiger partial charge in [0, 0.05) is 11.1 Å². The van der Waals surface area contributed by atoms with E-state index in [1.807, 2.05) is 52.0 Å². The number of rotatable bonds is 1. The molecule has 0 spiro atoms. The summed E-state index contributed by atoms with van der Waals surface area (Å²) in [5, 5.41) is 0.993. The second-order valence-corrected chi connectivity index (χ2v) is 5.91. The van der Waals surface area contributed by atoms with Gasteiger partial charge in [0.2, 0.25) is 0 Å². The number of alkyl halides is 1. The lowest BCUT2D eigenvalue weighted by Gasteiger charge is -2.20. The van der Waals surface area contributed by atoms with Gasteiger partial charge in [0.15, 0.2) is 0 Å². The second kappa shape index (κ2) is 4.89. The molecule has 2 aromatic rings. The summed E-state index contributed by atoms with van der Waals surface area (Å²) in [4.78, 5) is 12.3. The molecule has 3 nitrogen and oxygen atoms in total. The summed E-state index contributed by atoms with van der Waals surface area (Å²) < 4.78 is 6.99. The number of carbonyl (C=O) groups excluding carboxylic acids is 1. The van der Waals surface area contributed by atoms with E-state index in [4.69, 9.17) is 16.3 Å². The van der Waals surface area contributed by atoms with Crippen LogP contribution in [-0.2, 0) is 10.6 Å². The van der Waals surface area contributed by atoms with Gasteiger partial charge < -0.3 is 4.74 Å². The molecule has 0 aliphatic carbocycles. The summed E-state index contributed by atoms with van der Waals surface area (Å²) in [5.41, 5.74) is 2.15. The fourth-order valence-corrected chi connectivity index (χ4v) is 2.19. The summed E-state index contributed by atoms with van der Waals surface area (Å²) in [6, 6.07) is 7.89. The van der Waals surface area contributed by atoms with Gasteiger partial charge in [0.05, 0.1) is 11.4 Å². The smallest absolute Gasteiger partial charge is 0.419 e. The minimum absolute atomic E-state index is 0.271. The molecule has 0 bridgehead atoms. The van der Waals surface area contributed by atoms with E-state index in [9.17, 15) is 4.79 Å². The van der Waals surface area contributed by atoms with E-state index in [0.717, 1.165) is 22.2 Å². The van der Waals surface area contributed by atoms with Crippen molar-refractivity contribution in [3.63, 3.8) is 0 Å². The van der Waals surface area contributed by atoms with Crippen LogP contribution in [-0.4, -0.2) is 16.3 Å². The standard InChI is InChI=1S/C15H18ClNO2/c1-10-5-6-11-8-12(9-16)17(13(11)7-10)14(18)19-15(2,3)4/h5-8H,9H2,1-4H3. The number of halogens is 1. The lowest BCUT2D eigenvalue weighted by molar-refractivity contribution is 0.0541. The fraction of sp³-hybridized carbons (Fsp3) is 0.400. The third-order valence-corrected chi connectivity index (χ3v) is 3.02. The molecule has 0 aliphatic heterocycles. The van der Waals surface area contributed by atoms with Crippen molar-refractivity contribution >= 4 is 28.6 Å². The SMILES string of the molecule is Cc1ccc2cc(CCl)n(C(=O)OC(C)(C)C)c2c1. The first-order chi connectivity index (χ1) is 8.81. The van der Waals surface area contributed by atoms with E-state index in [-0.39, 0.29) is 12.0 Å². The normalized spacial score (nSPS) is 11.8. The quantitative estimate of drug-likeness (QED) is 0.721. The van der Waals surface area contributed by atoms with Crippen molar-refractivity contribution in [2.24, 2.45) is 0 Å². The number of aryl methyl sites for hydroxylation is 1. The molecule has 0 atom stereocenters. The molecule has 102 valence electrons. The topological polar surface area (TPSA) is 31.2 Å². The van der Waals surface area contributed by atoms with Gasteiger partial charge in [-0.05, 0) is 45.4 Å². The summed E-state index contributed by atoms with van der Waals surface area (Å²) >= 11 is 5.93. The maximum Gasteiger partial charge on any atom is 0.419 e. The average molecular weight is 280 g/mol. The van der Waals surface area contributed by atoms with Crippen LogP contribution in [0.25, 0.3) is 10.9 Å². The Morgan fingerprint density at radius 3 is 2.58 bits per heavy atom. The van der Waals surface area contributed by atoms with E-state index in [2.05, 4.69) is 0 Å². The Bertz CT molecular complexity index is 623. The maximum absolute atomic E-state index is 12.3. The lowest BCUT2D eigenvalue weighted by atomic mass is 10.2. The Balaban J connectivity index is 2.56. The largest absolute Gasteiger partial charge is 0.443 e. The van der Waals surface area contributed by atoms with E-state index in [1.165, 1.54) is 0 Å². The van der Waals surface area contributed by atoms with Gasteiger partial charge in [-0.15, -0.1) is 11.6 Å². The van der Waals surface area contributed by atoms with Gasteiger partial charge in [0.25, 0.3) is 0 Å². The molecule has 0 radical (unpaired) electrons. The summed E-state index contributed by atoms with van der Waals surface area (Å²) in [7, 11) is 0. The Kier molecular flexibility index (Phi) is 3.59. The molecule has 0 fully saturated rings. The zero-order valence-electron chi connectivity index (χ0n) is 11.7. The third-order valence-electron chi connectivity index (χ3n) is 2.75. The van der Waals surface area contributed by atoms with Gasteiger partial charge in [-0.3, -0.25) is 0 Å². The molecule has 0 unspecified atom stereocenters. The number of ether oxygens (including phenoxy) is 1. The monoisotopic (exact) mass is 279 g/mol. The maximum atomic E-state index is 12.3. The van der Waals surface area contributed by atoms with Crippen molar-refractivity contribution in [3.05, 3.63) is 35.5 Å². The van der Waals surface area contributed by atoms with Gasteiger partial charge in [0.1, 0.15) is 5.60 Å². The number of hydrogen-bond acceptors (Lipinski definition) is 2. The number of benzene rings is 1. The Labute approximate surface area is 118 Å². The highest BCUT2D eigenvalue weighted by Gasteiger charge is 2.21. The highest BCUT2D eigenvalue weighted by molar-refractivity contribution is 6.17. The van der Waals surface area contributed by atoms with Crippen molar-refractivity contribution in [1.29, 1.82) is 0 Å². The van der Waals surface area contributed by atoms with Crippen LogP contribution >= 0.6 is 11.6 Å². The van der Waals surface area contributed by atoms with Crippen LogP contribution in [0.4, 0.5) is 4.79 Å². The summed E-state index contributed by atoms with van der Waals surface area (Å²) in [6.07, 6.45) is -0.385. The molecular weight excluding hydrogens is 262 g/mol. The van der Waals surface area contributed by atoms with Crippen LogP contribution in [0, 0.1) is 6.92 Å². The lowest BCUT2D eigenvalue weighted by Crippen LogP contribution is -2.27. The molecule has 1 heterocycles. The predicted molar refractivity (Wildman–Crippen MR) is 77.9 cm³/mol. The predicted octanol–water partition coefficient (Wildman–Crippen LogP) is 4.47. The third kappa shape index (κ3) is 2.92. The zero-order chi connectivity index (χ0) is 14.2. The molecule has 0 amide bonds. The molecule has 0 saturated carbocycles. The molecule has 0 aliphatic rings. The van der Waals surface area contributed by atoms with E-state index in [0.29, 0.717) is 0 Å². The van der Waals surface area contributed by atoms with Crippen LogP contribution in [0.2, 0.25) is 0 Å². The number of hydrogen-bond donors (Lipinski definition) is 0. The van der Waals surface area contributed by atoms with Gasteiger partial charge >= 0.3 is 6.09 Å². The Morgan fingerprint density at radius 1 is 1.32 bits per heavy atom. The van der Waals surface area contributed by atoms with Crippen molar-refractivity contribution in [2.75, 3.05) is 0 Å². The molecule has 0 saturated heterocycles. The van der Waals surface area contributed by atoms with Crippen molar-refractivity contribution in [2.45, 2.75) is 39.2 Å². The first-order valence-corrected chi connectivity index (χ1v) is 6.75. The number of aromatic nitrogens is 1. The zero-order valence-corrected chi connectivity index (χ0v) is 12.4. The molecular formula is C15H18ClNO2. The molecule has 4 heteroatoms. The van der Waals surface area contributed by atoms with Crippen molar-refractivity contribution in [3.8, 4) is 0 Å². The van der Waals surface area contributed by atoms with Gasteiger partial charge in [-0.1, -0.05) is 12.1 Å². The minimum Gasteiger partial charge on any atom is -0.443 e. The van der Waals surface area contributed by atoms with E-state index in [1.54, 1.807) is 4.57 Å². The minimum atomic E-state index is -0.527. The molecule has 1 aromatic heterocycles. The Hall–Kier alpha value is -1.48. The summed E-state index contributed by atoms with van der Waals surface area (Å²) in [5.74, 6) is 0.271. The van der Waals surface area contributed by atoms with E-state index < -0.39 is 5.60 Å². The van der Waals surface area contributed by atoms with Crippen LogP contribution in [0.1, 0.15) is 32.0 Å². The van der Waals surface area contributed by atoms with Gasteiger partial charge in [-0.25, -0.2) is 9.36 Å². The molecule has 19 heavy (non-hydrogen) atoms. The van der Waals surface area contributed by atoms with E-state index >= 15 is 0 Å². The highest BCUT2D eigenvalue weighted by Crippen LogP contribution is 2.24. The number of nitrogens with zero attached hydrogens (tertiary/aromatic N) is 1. The summed E-state index contributed by atoms with van der Waals surface area (Å²) in [6.45, 7) is 7.54. The molecule has 2 rings (SSSR count). The first-order valence-electron chi connectivity index (χ1n) is 6.22. The fourth-order valence-electron chi connectivity index (χ4n) is 1.99. The average Bonchev–Trinajstić information content (AvgIpc) is 2.64. The Morgan fingerprint density at radius 2 is 2.00 bits per heavy atom. The molecule has 1 aromatic carbocycles. The van der Waals surface area contributed by atoms with Crippen molar-refractivity contribution in [1.82, 2.24) is 4.57 Å². The van der Waals surface area contributed by atoms with Gasteiger partial charge in [-0.2, -0.15) is 0 Å². The molecule has 0 N–H and O–H groups in total. The van der Waals surface area contributed by atoms with Crippen molar-refractivity contribution < 1.29 is 9.53 Å². The second-order valence-electron chi connectivity index (χ2n) is 5.65. The van der Waals surface area contributed by atoms with Crippen LogP contribution in [0.5, 0.6) is 0 Å². The number of carbonyl (C=O) groups is 1. The first kappa shape index (κ1) is 13.9. The van der Waals surface area contributed by atoms with Crippen LogP contribution < -0.4 is 0 Å². The van der Waals surface area contributed by atoms with Crippen LogP contribution in [0.3, 0.4) is 0 Å².